The second-order valence-corrected chi connectivity index (χ2v) is 3.81. The Morgan fingerprint density at radius 2 is 2.11 bits per heavy atom. The fourth-order valence-electron chi connectivity index (χ4n) is 1.30. The highest BCUT2D eigenvalue weighted by molar-refractivity contribution is 6.29. The molecule has 0 fully saturated rings. The number of carbonyl (C=O) groups excluding carboxylic acids is 1. The van der Waals surface area contributed by atoms with Crippen molar-refractivity contribution in [2.24, 2.45) is 0 Å². The lowest BCUT2D eigenvalue weighted by Gasteiger charge is -2.05. The summed E-state index contributed by atoms with van der Waals surface area (Å²) < 4.78 is 13.5. The molecule has 0 unspecified atom stereocenters. The largest absolute Gasteiger partial charge is 0.399 e. The predicted molar refractivity (Wildman–Crippen MR) is 65.8 cm³/mol. The van der Waals surface area contributed by atoms with Crippen LogP contribution in [0.1, 0.15) is 10.4 Å². The summed E-state index contributed by atoms with van der Waals surface area (Å²) in [5, 5.41) is 2.58. The second-order valence-electron chi connectivity index (χ2n) is 3.42. The van der Waals surface area contributed by atoms with E-state index in [9.17, 15) is 9.18 Å². The molecule has 0 saturated carbocycles. The minimum atomic E-state index is -0.701. The Bertz CT molecular complexity index is 605. The van der Waals surface area contributed by atoms with Crippen molar-refractivity contribution in [3.63, 3.8) is 0 Å². The number of anilines is 2. The molecule has 18 heavy (non-hydrogen) atoms. The summed E-state index contributed by atoms with van der Waals surface area (Å²) in [5.41, 5.74) is 5.51. The molecule has 0 saturated heterocycles. The molecule has 3 N–H and O–H groups in total. The minimum absolute atomic E-state index is 0.126. The van der Waals surface area contributed by atoms with Gasteiger partial charge in [0.2, 0.25) is 0 Å². The van der Waals surface area contributed by atoms with Gasteiger partial charge in [0.15, 0.2) is 0 Å². The normalized spacial score (nSPS) is 10.1. The van der Waals surface area contributed by atoms with E-state index in [0.717, 1.165) is 6.07 Å². The van der Waals surface area contributed by atoms with Gasteiger partial charge in [0, 0.05) is 11.8 Å². The maximum atomic E-state index is 13.5. The number of amides is 1. The lowest BCUT2D eigenvalue weighted by molar-refractivity contribution is 0.102. The molecule has 1 aromatic heterocycles. The van der Waals surface area contributed by atoms with E-state index in [-0.39, 0.29) is 22.2 Å². The van der Waals surface area contributed by atoms with Crippen molar-refractivity contribution in [1.82, 2.24) is 9.97 Å². The van der Waals surface area contributed by atoms with Crippen LogP contribution in [0.3, 0.4) is 0 Å². The SMILES string of the molecule is Nc1ccc(C(=O)Nc2cc(Cl)ncn2)c(F)c1. The minimum Gasteiger partial charge on any atom is -0.399 e. The first kappa shape index (κ1) is 12.3. The molecule has 2 rings (SSSR count). The van der Waals surface area contributed by atoms with E-state index in [4.69, 9.17) is 17.3 Å². The van der Waals surface area contributed by atoms with Gasteiger partial charge < -0.3 is 11.1 Å². The molecule has 2 aromatic rings. The number of nitrogens with one attached hydrogen (secondary N) is 1. The molecule has 7 heteroatoms. The van der Waals surface area contributed by atoms with E-state index in [2.05, 4.69) is 15.3 Å². The maximum absolute atomic E-state index is 13.5. The molecule has 0 spiro atoms. The van der Waals surface area contributed by atoms with Gasteiger partial charge in [-0.1, -0.05) is 11.6 Å². The van der Waals surface area contributed by atoms with Crippen LogP contribution in [0, 0.1) is 5.82 Å². The number of nitrogen functional groups attached to an aromatic ring is 1. The first-order valence-electron chi connectivity index (χ1n) is 4.90. The summed E-state index contributed by atoms with van der Waals surface area (Å²) in [7, 11) is 0. The fraction of sp³-hybridized carbons (Fsp3) is 0. The highest BCUT2D eigenvalue weighted by atomic mass is 35.5. The number of hydrogen-bond acceptors (Lipinski definition) is 4. The average molecular weight is 267 g/mol. The Morgan fingerprint density at radius 3 is 2.78 bits per heavy atom. The Labute approximate surface area is 107 Å². The fourth-order valence-corrected chi connectivity index (χ4v) is 1.45. The van der Waals surface area contributed by atoms with Crippen LogP contribution in [-0.4, -0.2) is 15.9 Å². The van der Waals surface area contributed by atoms with Gasteiger partial charge in [0.25, 0.3) is 5.91 Å². The summed E-state index contributed by atoms with van der Waals surface area (Å²) in [5.74, 6) is -1.15. The summed E-state index contributed by atoms with van der Waals surface area (Å²) >= 11 is 5.63. The molecule has 0 bridgehead atoms. The third kappa shape index (κ3) is 2.72. The van der Waals surface area contributed by atoms with Gasteiger partial charge in [-0.3, -0.25) is 4.79 Å². The quantitative estimate of drug-likeness (QED) is 0.644. The van der Waals surface area contributed by atoms with Gasteiger partial charge in [-0.15, -0.1) is 0 Å². The van der Waals surface area contributed by atoms with Crippen LogP contribution in [0.25, 0.3) is 0 Å². The molecule has 0 radical (unpaired) electrons. The maximum Gasteiger partial charge on any atom is 0.259 e. The van der Waals surface area contributed by atoms with E-state index in [1.165, 1.54) is 24.5 Å². The smallest absolute Gasteiger partial charge is 0.259 e. The molecule has 0 aliphatic rings. The van der Waals surface area contributed by atoms with E-state index in [1.807, 2.05) is 0 Å². The number of carbonyl (C=O) groups is 1. The van der Waals surface area contributed by atoms with Crippen LogP contribution in [0.5, 0.6) is 0 Å². The Kier molecular flexibility index (Phi) is 3.38. The van der Waals surface area contributed by atoms with Crippen molar-refractivity contribution in [1.29, 1.82) is 0 Å². The van der Waals surface area contributed by atoms with Crippen molar-refractivity contribution >= 4 is 29.0 Å². The molecule has 1 heterocycles. The summed E-state index contributed by atoms with van der Waals surface area (Å²) in [6.45, 7) is 0. The van der Waals surface area contributed by atoms with E-state index >= 15 is 0 Å². The van der Waals surface area contributed by atoms with Crippen LogP contribution in [0.4, 0.5) is 15.9 Å². The zero-order chi connectivity index (χ0) is 13.1. The number of aromatic nitrogens is 2. The molecule has 0 atom stereocenters. The number of nitrogens with two attached hydrogens (primary N) is 1. The van der Waals surface area contributed by atoms with Crippen LogP contribution in [0.15, 0.2) is 30.6 Å². The van der Waals surface area contributed by atoms with Crippen molar-refractivity contribution in [2.45, 2.75) is 0 Å². The zero-order valence-corrected chi connectivity index (χ0v) is 9.78. The van der Waals surface area contributed by atoms with Crippen LogP contribution >= 0.6 is 11.6 Å². The Hall–Kier alpha value is -2.21. The first-order chi connectivity index (χ1) is 8.56. The van der Waals surface area contributed by atoms with E-state index in [0.29, 0.717) is 0 Å². The summed E-state index contributed by atoms with van der Waals surface area (Å²) in [6.07, 6.45) is 1.19. The first-order valence-corrected chi connectivity index (χ1v) is 5.28. The van der Waals surface area contributed by atoms with Gasteiger partial charge in [-0.25, -0.2) is 14.4 Å². The average Bonchev–Trinajstić information content (AvgIpc) is 2.28. The van der Waals surface area contributed by atoms with Crippen molar-refractivity contribution in [2.75, 3.05) is 11.1 Å². The molecular weight excluding hydrogens is 259 g/mol. The molecule has 5 nitrogen and oxygen atoms in total. The number of nitrogens with zero attached hydrogens (tertiary/aromatic N) is 2. The van der Waals surface area contributed by atoms with Crippen molar-refractivity contribution in [3.8, 4) is 0 Å². The van der Waals surface area contributed by atoms with E-state index in [1.54, 1.807) is 0 Å². The van der Waals surface area contributed by atoms with Crippen LogP contribution in [-0.2, 0) is 0 Å². The van der Waals surface area contributed by atoms with Crippen molar-refractivity contribution < 1.29 is 9.18 Å². The number of rotatable bonds is 2. The number of halogens is 2. The van der Waals surface area contributed by atoms with Gasteiger partial charge in [0.1, 0.15) is 23.1 Å². The van der Waals surface area contributed by atoms with Gasteiger partial charge in [-0.05, 0) is 18.2 Å². The third-order valence-electron chi connectivity index (χ3n) is 2.11. The molecule has 1 aromatic carbocycles. The van der Waals surface area contributed by atoms with Gasteiger partial charge in [-0.2, -0.15) is 0 Å². The molecular formula is C11H8ClFN4O. The van der Waals surface area contributed by atoms with Crippen LogP contribution in [0.2, 0.25) is 5.15 Å². The molecule has 0 aliphatic carbocycles. The Morgan fingerprint density at radius 1 is 1.33 bits per heavy atom. The second kappa shape index (κ2) is 4.97. The lowest BCUT2D eigenvalue weighted by atomic mass is 10.2. The Balaban J connectivity index is 2.22. The highest BCUT2D eigenvalue weighted by Crippen LogP contribution is 2.14. The molecule has 1 amide bonds. The predicted octanol–water partition coefficient (Wildman–Crippen LogP) is 2.10. The van der Waals surface area contributed by atoms with Gasteiger partial charge in [0.05, 0.1) is 5.56 Å². The third-order valence-corrected chi connectivity index (χ3v) is 2.32. The lowest BCUT2D eigenvalue weighted by Crippen LogP contribution is -2.15. The summed E-state index contributed by atoms with van der Waals surface area (Å²) in [6, 6.07) is 5.16. The number of hydrogen-bond donors (Lipinski definition) is 2. The van der Waals surface area contributed by atoms with Crippen LogP contribution < -0.4 is 11.1 Å². The monoisotopic (exact) mass is 266 g/mol. The van der Waals surface area contributed by atoms with Gasteiger partial charge >= 0.3 is 0 Å². The van der Waals surface area contributed by atoms with E-state index < -0.39 is 11.7 Å². The highest BCUT2D eigenvalue weighted by Gasteiger charge is 2.12. The van der Waals surface area contributed by atoms with Crippen molar-refractivity contribution in [3.05, 3.63) is 47.1 Å². The molecule has 0 aliphatic heterocycles. The standard InChI is InChI=1S/C11H8ClFN4O/c12-9-4-10(16-5-15-9)17-11(18)7-2-1-6(14)3-8(7)13/h1-5H,14H2,(H,15,16,17,18). The zero-order valence-electron chi connectivity index (χ0n) is 9.02. The summed E-state index contributed by atoms with van der Waals surface area (Å²) in [4.78, 5) is 19.2. The number of benzene rings is 1. The topological polar surface area (TPSA) is 80.9 Å². The molecule has 92 valence electrons.